The number of halogens is 1. The first-order valence-electron chi connectivity index (χ1n) is 9.79. The fourth-order valence-corrected chi connectivity index (χ4v) is 4.28. The molecule has 0 aliphatic heterocycles. The second kappa shape index (κ2) is 9.03. The zero-order valence-electron chi connectivity index (χ0n) is 17.1. The van der Waals surface area contributed by atoms with Crippen molar-refractivity contribution < 1.29 is 4.79 Å². The first-order chi connectivity index (χ1) is 14.9. The highest BCUT2D eigenvalue weighted by molar-refractivity contribution is 9.10. The van der Waals surface area contributed by atoms with Crippen LogP contribution in [0, 0.1) is 13.8 Å². The van der Waals surface area contributed by atoms with Crippen molar-refractivity contribution in [2.24, 2.45) is 0 Å². The summed E-state index contributed by atoms with van der Waals surface area (Å²) < 4.78 is 2.40. The van der Waals surface area contributed by atoms with Gasteiger partial charge in [0, 0.05) is 38.8 Å². The molecule has 2 aromatic heterocycles. The third-order valence-electron chi connectivity index (χ3n) is 4.95. The molecule has 4 rings (SSSR count). The number of nitrogens with one attached hydrogen (secondary N) is 2. The first-order valence-corrected chi connectivity index (χ1v) is 11.5. The number of thiazole rings is 1. The maximum Gasteiger partial charge on any atom is 0.276 e. The zero-order valence-corrected chi connectivity index (χ0v) is 19.5. The number of aromatic nitrogens is 3. The number of rotatable bonds is 6. The van der Waals surface area contributed by atoms with E-state index in [1.165, 1.54) is 21.6 Å². The quantitative estimate of drug-likeness (QED) is 0.383. The number of hydrogen-bond donors (Lipinski definition) is 2. The predicted molar refractivity (Wildman–Crippen MR) is 128 cm³/mol. The average molecular weight is 497 g/mol. The Bertz CT molecular complexity index is 1270. The van der Waals surface area contributed by atoms with E-state index in [1.54, 1.807) is 0 Å². The number of amides is 1. The van der Waals surface area contributed by atoms with Crippen molar-refractivity contribution in [3.8, 4) is 16.4 Å². The fraction of sp³-hybridized carbons (Fsp3) is 0.174. The number of anilines is 1. The summed E-state index contributed by atoms with van der Waals surface area (Å²) in [5.41, 5.74) is 4.92. The highest BCUT2D eigenvalue weighted by Gasteiger charge is 2.16. The largest absolute Gasteiger partial charge is 0.326 e. The third-order valence-corrected chi connectivity index (χ3v) is 6.31. The molecule has 0 bridgehead atoms. The van der Waals surface area contributed by atoms with Gasteiger partial charge in [-0.05, 0) is 44.5 Å². The van der Waals surface area contributed by atoms with Crippen LogP contribution < -0.4 is 10.9 Å². The van der Waals surface area contributed by atoms with Gasteiger partial charge in [0.1, 0.15) is 0 Å². The average Bonchev–Trinajstić information content (AvgIpc) is 3.34. The van der Waals surface area contributed by atoms with Gasteiger partial charge in [-0.2, -0.15) is 4.68 Å². The van der Waals surface area contributed by atoms with Crippen LogP contribution in [0.15, 0.2) is 63.2 Å². The van der Waals surface area contributed by atoms with Crippen molar-refractivity contribution in [2.45, 2.75) is 26.7 Å². The lowest BCUT2D eigenvalue weighted by Crippen LogP contribution is -2.19. The number of aryl methyl sites for hydroxylation is 2. The van der Waals surface area contributed by atoms with E-state index in [-0.39, 0.29) is 17.9 Å². The lowest BCUT2D eigenvalue weighted by Gasteiger charge is -2.04. The maximum atomic E-state index is 13.0. The molecule has 0 saturated heterocycles. The van der Waals surface area contributed by atoms with Crippen LogP contribution >= 0.6 is 27.3 Å². The van der Waals surface area contributed by atoms with Gasteiger partial charge >= 0.3 is 0 Å². The molecule has 0 aliphatic rings. The van der Waals surface area contributed by atoms with Crippen LogP contribution in [0.25, 0.3) is 16.4 Å². The van der Waals surface area contributed by atoms with Crippen molar-refractivity contribution >= 4 is 38.9 Å². The van der Waals surface area contributed by atoms with Crippen LogP contribution in [-0.2, 0) is 11.2 Å². The molecule has 31 heavy (non-hydrogen) atoms. The van der Waals surface area contributed by atoms with Crippen molar-refractivity contribution in [3.63, 3.8) is 0 Å². The lowest BCUT2D eigenvalue weighted by atomic mass is 10.1. The predicted octanol–water partition coefficient (Wildman–Crippen LogP) is 5.24. The fourth-order valence-electron chi connectivity index (χ4n) is 3.23. The summed E-state index contributed by atoms with van der Waals surface area (Å²) in [6, 6.07) is 15.5. The van der Waals surface area contributed by atoms with Crippen molar-refractivity contribution in [1.29, 1.82) is 0 Å². The lowest BCUT2D eigenvalue weighted by molar-refractivity contribution is -0.116. The SMILES string of the molecule is Cc1ccc(-c2csc(-n3[nH]c(C)c(CCC(=O)Nc4ccc(Br)cc4)c3=O)n2)cc1. The minimum atomic E-state index is -0.168. The third kappa shape index (κ3) is 4.86. The Kier molecular flexibility index (Phi) is 6.20. The van der Waals surface area contributed by atoms with E-state index in [4.69, 9.17) is 0 Å². The van der Waals surface area contributed by atoms with Gasteiger partial charge in [0.15, 0.2) is 0 Å². The first kappa shape index (κ1) is 21.3. The molecule has 0 aliphatic carbocycles. The van der Waals surface area contributed by atoms with Gasteiger partial charge in [-0.3, -0.25) is 14.7 Å². The standard InChI is InChI=1S/C23H21BrN4O2S/c1-14-3-5-16(6-4-14)20-13-31-23(26-20)28-22(30)19(15(2)27-28)11-12-21(29)25-18-9-7-17(24)8-10-18/h3-10,13,27H,11-12H2,1-2H3,(H,25,29). The highest BCUT2D eigenvalue weighted by atomic mass is 79.9. The van der Waals surface area contributed by atoms with Gasteiger partial charge in [-0.15, -0.1) is 11.3 Å². The Morgan fingerprint density at radius 2 is 1.84 bits per heavy atom. The zero-order chi connectivity index (χ0) is 22.0. The van der Waals surface area contributed by atoms with Gasteiger partial charge in [0.05, 0.1) is 5.69 Å². The van der Waals surface area contributed by atoms with Crippen LogP contribution in [0.2, 0.25) is 0 Å². The van der Waals surface area contributed by atoms with Crippen LogP contribution in [0.1, 0.15) is 23.2 Å². The molecule has 2 aromatic carbocycles. The second-order valence-corrected chi connectivity index (χ2v) is 9.04. The number of hydrogen-bond acceptors (Lipinski definition) is 4. The number of H-pyrrole nitrogens is 1. The van der Waals surface area contributed by atoms with Crippen LogP contribution in [0.5, 0.6) is 0 Å². The molecule has 0 atom stereocenters. The van der Waals surface area contributed by atoms with E-state index in [0.29, 0.717) is 17.1 Å². The van der Waals surface area contributed by atoms with Crippen LogP contribution in [0.3, 0.4) is 0 Å². The number of benzene rings is 2. The molecule has 2 N–H and O–H groups in total. The van der Waals surface area contributed by atoms with E-state index < -0.39 is 0 Å². The smallest absolute Gasteiger partial charge is 0.276 e. The Balaban J connectivity index is 1.47. The number of carbonyl (C=O) groups is 1. The summed E-state index contributed by atoms with van der Waals surface area (Å²) in [7, 11) is 0. The molecule has 1 amide bonds. The maximum absolute atomic E-state index is 13.0. The minimum absolute atomic E-state index is 0.134. The van der Waals surface area contributed by atoms with Gasteiger partial charge in [0.25, 0.3) is 5.56 Å². The monoisotopic (exact) mass is 496 g/mol. The van der Waals surface area contributed by atoms with Gasteiger partial charge in [-0.1, -0.05) is 45.8 Å². The van der Waals surface area contributed by atoms with Gasteiger partial charge in [0.2, 0.25) is 11.0 Å². The van der Waals surface area contributed by atoms with E-state index in [9.17, 15) is 9.59 Å². The number of carbonyl (C=O) groups excluding carboxylic acids is 1. The molecule has 0 radical (unpaired) electrons. The van der Waals surface area contributed by atoms with Gasteiger partial charge < -0.3 is 5.32 Å². The molecule has 158 valence electrons. The summed E-state index contributed by atoms with van der Waals surface area (Å²) >= 11 is 4.77. The molecule has 8 heteroatoms. The Labute approximate surface area is 192 Å². The Morgan fingerprint density at radius 1 is 1.13 bits per heavy atom. The molecule has 0 saturated carbocycles. The number of nitrogens with zero attached hydrogens (tertiary/aromatic N) is 2. The Hall–Kier alpha value is -2.97. The van der Waals surface area contributed by atoms with Crippen molar-refractivity contribution in [1.82, 2.24) is 14.8 Å². The topological polar surface area (TPSA) is 79.8 Å². The molecule has 0 spiro atoms. The van der Waals surface area contributed by atoms with E-state index in [0.717, 1.165) is 27.1 Å². The summed E-state index contributed by atoms with van der Waals surface area (Å²) in [6.07, 6.45) is 0.573. The van der Waals surface area contributed by atoms with Crippen LogP contribution in [-0.4, -0.2) is 20.7 Å². The summed E-state index contributed by atoms with van der Waals surface area (Å²) in [5, 5.41) is 8.47. The molecule has 6 nitrogen and oxygen atoms in total. The normalized spacial score (nSPS) is 10.9. The molecule has 4 aromatic rings. The minimum Gasteiger partial charge on any atom is -0.326 e. The van der Waals surface area contributed by atoms with Crippen molar-refractivity contribution in [3.05, 3.63) is 85.6 Å². The number of aromatic amines is 1. The van der Waals surface area contributed by atoms with E-state index >= 15 is 0 Å². The molecule has 2 heterocycles. The highest BCUT2D eigenvalue weighted by Crippen LogP contribution is 2.24. The second-order valence-electron chi connectivity index (χ2n) is 7.29. The Morgan fingerprint density at radius 3 is 2.55 bits per heavy atom. The molecule has 0 fully saturated rings. The van der Waals surface area contributed by atoms with Crippen molar-refractivity contribution in [2.75, 3.05) is 5.32 Å². The summed E-state index contributed by atoms with van der Waals surface area (Å²) in [6.45, 7) is 3.88. The van der Waals surface area contributed by atoms with Crippen LogP contribution in [0.4, 0.5) is 5.69 Å². The molecular formula is C23H21BrN4O2S. The summed E-state index contributed by atoms with van der Waals surface area (Å²) in [4.78, 5) is 29.9. The van der Waals surface area contributed by atoms with Gasteiger partial charge in [-0.25, -0.2) is 4.98 Å². The van der Waals surface area contributed by atoms with E-state index in [2.05, 4.69) is 31.3 Å². The summed E-state index contributed by atoms with van der Waals surface area (Å²) in [5.74, 6) is -0.134. The molecule has 0 unspecified atom stereocenters. The van der Waals surface area contributed by atoms with E-state index in [1.807, 2.05) is 67.8 Å². The molecular weight excluding hydrogens is 476 g/mol.